The normalized spacial score (nSPS) is 10.6. The van der Waals surface area contributed by atoms with Crippen LogP contribution in [0.15, 0.2) is 42.5 Å². The average molecular weight is 284 g/mol. The molecule has 0 aliphatic heterocycles. The van der Waals surface area contributed by atoms with Crippen LogP contribution in [0.4, 0.5) is 0 Å². The van der Waals surface area contributed by atoms with Gasteiger partial charge >= 0.3 is 0 Å². The maximum Gasteiger partial charge on any atom is 0.119 e. The number of hydrogen-bond acceptors (Lipinski definition) is 2. The predicted octanol–water partition coefficient (Wildman–Crippen LogP) is 4.88. The number of ether oxygens (including phenoxy) is 1. The molecule has 0 unspecified atom stereocenters. The number of aromatic hydroxyl groups is 1. The summed E-state index contributed by atoms with van der Waals surface area (Å²) in [6.07, 6.45) is 4.00. The summed E-state index contributed by atoms with van der Waals surface area (Å²) in [6.45, 7) is 4.86. The van der Waals surface area contributed by atoms with E-state index in [1.54, 1.807) is 6.07 Å². The topological polar surface area (TPSA) is 29.5 Å². The minimum Gasteiger partial charge on any atom is -0.508 e. The van der Waals surface area contributed by atoms with E-state index >= 15 is 0 Å². The number of phenols is 1. The summed E-state index contributed by atoms with van der Waals surface area (Å²) in [4.78, 5) is 0. The van der Waals surface area contributed by atoms with Gasteiger partial charge in [-0.05, 0) is 47.7 Å². The molecule has 0 bridgehead atoms. The second-order valence-electron chi connectivity index (χ2n) is 5.30. The van der Waals surface area contributed by atoms with Crippen molar-refractivity contribution in [2.75, 3.05) is 0 Å². The van der Waals surface area contributed by atoms with Crippen LogP contribution in [0.3, 0.4) is 0 Å². The molecule has 112 valence electrons. The predicted molar refractivity (Wildman–Crippen MR) is 86.9 cm³/mol. The molecule has 0 atom stereocenters. The van der Waals surface area contributed by atoms with Gasteiger partial charge in [-0.25, -0.2) is 0 Å². The molecule has 0 aromatic heterocycles. The first-order chi connectivity index (χ1) is 10.3. The molecule has 0 saturated heterocycles. The van der Waals surface area contributed by atoms with E-state index in [0.29, 0.717) is 12.4 Å². The maximum atomic E-state index is 10.1. The highest BCUT2D eigenvalue weighted by molar-refractivity contribution is 5.44. The minimum atomic E-state index is 0.420. The fourth-order valence-electron chi connectivity index (χ4n) is 2.63. The molecule has 21 heavy (non-hydrogen) atoms. The van der Waals surface area contributed by atoms with Crippen LogP contribution in [0.25, 0.3) is 0 Å². The van der Waals surface area contributed by atoms with Crippen LogP contribution in [-0.4, -0.2) is 5.11 Å². The lowest BCUT2D eigenvalue weighted by molar-refractivity contribution is 0.304. The van der Waals surface area contributed by atoms with Crippen molar-refractivity contribution in [3.8, 4) is 11.5 Å². The molecule has 2 aromatic carbocycles. The second kappa shape index (κ2) is 7.72. The Hall–Kier alpha value is -1.96. The zero-order valence-electron chi connectivity index (χ0n) is 12.9. The Bertz CT molecular complexity index is 561. The van der Waals surface area contributed by atoms with Crippen molar-refractivity contribution >= 4 is 0 Å². The molecular weight excluding hydrogens is 260 g/mol. The van der Waals surface area contributed by atoms with Gasteiger partial charge in [0.15, 0.2) is 0 Å². The summed E-state index contributed by atoms with van der Waals surface area (Å²) in [5.41, 5.74) is 3.53. The summed E-state index contributed by atoms with van der Waals surface area (Å²) in [6, 6.07) is 13.6. The molecule has 0 fully saturated rings. The molecule has 2 aromatic rings. The van der Waals surface area contributed by atoms with Gasteiger partial charge in [-0.15, -0.1) is 0 Å². The Labute approximate surface area is 127 Å². The largest absolute Gasteiger partial charge is 0.508 e. The maximum absolute atomic E-state index is 10.1. The standard InChI is InChI=1S/C19H24O2/c1-3-8-17-15(12-13-19(20)18(17)9-4-2)14-21-16-10-6-5-7-11-16/h5-7,10-13,20H,3-4,8-9,14H2,1-2H3. The Morgan fingerprint density at radius 3 is 2.19 bits per heavy atom. The molecule has 0 amide bonds. The van der Waals surface area contributed by atoms with Crippen LogP contribution in [0.2, 0.25) is 0 Å². The third-order valence-electron chi connectivity index (χ3n) is 3.64. The van der Waals surface area contributed by atoms with Crippen LogP contribution in [-0.2, 0) is 19.4 Å². The summed E-state index contributed by atoms with van der Waals surface area (Å²) in [5, 5.41) is 10.1. The molecule has 0 spiro atoms. The highest BCUT2D eigenvalue weighted by Crippen LogP contribution is 2.28. The monoisotopic (exact) mass is 284 g/mol. The van der Waals surface area contributed by atoms with Crippen LogP contribution in [0.1, 0.15) is 43.4 Å². The Morgan fingerprint density at radius 1 is 0.857 bits per heavy atom. The van der Waals surface area contributed by atoms with Crippen LogP contribution < -0.4 is 4.74 Å². The van der Waals surface area contributed by atoms with Crippen LogP contribution >= 0.6 is 0 Å². The highest BCUT2D eigenvalue weighted by Gasteiger charge is 2.12. The van der Waals surface area contributed by atoms with Gasteiger partial charge in [0, 0.05) is 0 Å². The highest BCUT2D eigenvalue weighted by atomic mass is 16.5. The number of hydrogen-bond donors (Lipinski definition) is 1. The lowest BCUT2D eigenvalue weighted by atomic mass is 9.94. The lowest BCUT2D eigenvalue weighted by Crippen LogP contribution is -2.04. The lowest BCUT2D eigenvalue weighted by Gasteiger charge is -2.16. The molecule has 1 N–H and O–H groups in total. The van der Waals surface area contributed by atoms with E-state index in [9.17, 15) is 5.11 Å². The molecule has 0 radical (unpaired) electrons. The van der Waals surface area contributed by atoms with E-state index < -0.39 is 0 Å². The molecule has 0 aliphatic rings. The van der Waals surface area contributed by atoms with Gasteiger partial charge in [0.05, 0.1) is 0 Å². The van der Waals surface area contributed by atoms with Gasteiger partial charge in [0.2, 0.25) is 0 Å². The molecule has 0 aliphatic carbocycles. The van der Waals surface area contributed by atoms with E-state index in [0.717, 1.165) is 37.0 Å². The van der Waals surface area contributed by atoms with E-state index in [4.69, 9.17) is 4.74 Å². The summed E-state index contributed by atoms with van der Waals surface area (Å²) >= 11 is 0. The van der Waals surface area contributed by atoms with Crippen molar-refractivity contribution in [2.24, 2.45) is 0 Å². The summed E-state index contributed by atoms with van der Waals surface area (Å²) < 4.78 is 5.87. The smallest absolute Gasteiger partial charge is 0.119 e. The first-order valence-electron chi connectivity index (χ1n) is 7.76. The molecule has 2 heteroatoms. The molecule has 0 saturated carbocycles. The van der Waals surface area contributed by atoms with Crippen molar-refractivity contribution in [2.45, 2.75) is 46.1 Å². The number of para-hydroxylation sites is 1. The van der Waals surface area contributed by atoms with Crippen molar-refractivity contribution in [1.29, 1.82) is 0 Å². The fourth-order valence-corrected chi connectivity index (χ4v) is 2.63. The van der Waals surface area contributed by atoms with Crippen LogP contribution in [0, 0.1) is 0 Å². The first kappa shape index (κ1) is 15.4. The zero-order chi connectivity index (χ0) is 15.1. The van der Waals surface area contributed by atoms with Crippen molar-refractivity contribution in [3.63, 3.8) is 0 Å². The number of phenolic OH excluding ortho intramolecular Hbond substituents is 1. The Morgan fingerprint density at radius 2 is 1.52 bits per heavy atom. The van der Waals surface area contributed by atoms with Gasteiger partial charge in [-0.3, -0.25) is 0 Å². The van der Waals surface area contributed by atoms with E-state index in [2.05, 4.69) is 13.8 Å². The molecule has 2 rings (SSSR count). The first-order valence-corrected chi connectivity index (χ1v) is 7.76. The Kier molecular flexibility index (Phi) is 5.68. The van der Waals surface area contributed by atoms with Crippen molar-refractivity contribution < 1.29 is 9.84 Å². The number of benzene rings is 2. The summed E-state index contributed by atoms with van der Waals surface area (Å²) in [7, 11) is 0. The van der Waals surface area contributed by atoms with Gasteiger partial charge in [-0.1, -0.05) is 51.0 Å². The van der Waals surface area contributed by atoms with E-state index in [1.165, 1.54) is 11.1 Å². The van der Waals surface area contributed by atoms with Gasteiger partial charge in [0.25, 0.3) is 0 Å². The fraction of sp³-hybridized carbons (Fsp3) is 0.368. The van der Waals surface area contributed by atoms with Crippen LogP contribution in [0.5, 0.6) is 11.5 Å². The molecule has 2 nitrogen and oxygen atoms in total. The van der Waals surface area contributed by atoms with Crippen molar-refractivity contribution in [1.82, 2.24) is 0 Å². The third-order valence-corrected chi connectivity index (χ3v) is 3.64. The second-order valence-corrected chi connectivity index (χ2v) is 5.30. The quantitative estimate of drug-likeness (QED) is 0.785. The van der Waals surface area contributed by atoms with Crippen molar-refractivity contribution in [3.05, 3.63) is 59.2 Å². The average Bonchev–Trinajstić information content (AvgIpc) is 2.51. The van der Waals surface area contributed by atoms with Gasteiger partial charge in [-0.2, -0.15) is 0 Å². The SMILES string of the molecule is CCCc1c(O)ccc(COc2ccccc2)c1CCC. The molecular formula is C19H24O2. The number of rotatable bonds is 7. The molecule has 0 heterocycles. The Balaban J connectivity index is 2.23. The van der Waals surface area contributed by atoms with Gasteiger partial charge in [0.1, 0.15) is 18.1 Å². The third kappa shape index (κ3) is 4.01. The zero-order valence-corrected chi connectivity index (χ0v) is 12.9. The van der Waals surface area contributed by atoms with E-state index in [1.807, 2.05) is 36.4 Å². The minimum absolute atomic E-state index is 0.420. The summed E-state index contributed by atoms with van der Waals surface area (Å²) in [5.74, 6) is 1.30. The van der Waals surface area contributed by atoms with Gasteiger partial charge < -0.3 is 9.84 Å². The van der Waals surface area contributed by atoms with E-state index in [-0.39, 0.29) is 0 Å².